The fourth-order valence-electron chi connectivity index (χ4n) is 2.12. The van der Waals surface area contributed by atoms with E-state index in [1.54, 1.807) is 0 Å². The van der Waals surface area contributed by atoms with Crippen molar-refractivity contribution in [2.24, 2.45) is 0 Å². The summed E-state index contributed by atoms with van der Waals surface area (Å²) >= 11 is 7.32. The van der Waals surface area contributed by atoms with Gasteiger partial charge in [0.05, 0.1) is 17.1 Å². The van der Waals surface area contributed by atoms with Crippen LogP contribution in [0.4, 0.5) is 10.4 Å². The van der Waals surface area contributed by atoms with Crippen molar-refractivity contribution in [3.8, 4) is 10.8 Å². The lowest BCUT2D eigenvalue weighted by atomic mass is 10.1. The summed E-state index contributed by atoms with van der Waals surface area (Å²) in [7, 11) is 0. The minimum atomic E-state index is -0.542. The van der Waals surface area contributed by atoms with Gasteiger partial charge in [0, 0.05) is 10.6 Å². The highest BCUT2D eigenvalue weighted by atomic mass is 35.5. The van der Waals surface area contributed by atoms with E-state index in [2.05, 4.69) is 20.5 Å². The minimum Gasteiger partial charge on any atom is -0.402 e. The van der Waals surface area contributed by atoms with Crippen LogP contribution < -0.4 is 5.32 Å². The molecule has 24 heavy (non-hydrogen) atoms. The highest BCUT2D eigenvalue weighted by Gasteiger charge is 2.17. The molecule has 0 unspecified atom stereocenters. The van der Waals surface area contributed by atoms with E-state index in [4.69, 9.17) is 16.0 Å². The summed E-state index contributed by atoms with van der Waals surface area (Å²) in [6.45, 7) is 3.71. The lowest BCUT2D eigenvalue weighted by Gasteiger charge is -2.04. The molecule has 0 fully saturated rings. The molecule has 0 atom stereocenters. The van der Waals surface area contributed by atoms with Gasteiger partial charge in [-0.2, -0.15) is 0 Å². The molecule has 9 heteroatoms. The van der Waals surface area contributed by atoms with Crippen molar-refractivity contribution in [2.45, 2.75) is 20.3 Å². The fraction of sp³-hybridized carbons (Fsp3) is 0.200. The third-order valence-electron chi connectivity index (χ3n) is 3.17. The van der Waals surface area contributed by atoms with Crippen molar-refractivity contribution < 1.29 is 13.6 Å². The van der Waals surface area contributed by atoms with Gasteiger partial charge >= 0.3 is 6.01 Å². The normalized spacial score (nSPS) is 10.8. The molecule has 0 aliphatic carbocycles. The first kappa shape index (κ1) is 16.5. The number of benzene rings is 1. The third-order valence-corrected chi connectivity index (χ3v) is 4.58. The predicted octanol–water partition coefficient (Wildman–Crippen LogP) is 3.78. The molecule has 3 rings (SSSR count). The summed E-state index contributed by atoms with van der Waals surface area (Å²) in [5, 5.41) is 11.2. The van der Waals surface area contributed by atoms with Crippen LogP contribution in [0.25, 0.3) is 10.8 Å². The first-order valence-corrected chi connectivity index (χ1v) is 8.14. The largest absolute Gasteiger partial charge is 0.402 e. The Kier molecular flexibility index (Phi) is 4.59. The van der Waals surface area contributed by atoms with Crippen molar-refractivity contribution in [2.75, 3.05) is 5.32 Å². The molecule has 1 aromatic carbocycles. The summed E-state index contributed by atoms with van der Waals surface area (Å²) in [5.41, 5.74) is 0.891. The van der Waals surface area contributed by atoms with Crippen molar-refractivity contribution >= 4 is 34.9 Å². The standard InChI is InChI=1S/C15H12ClFN4O2S/c1-7-13(24-8(2)18-7)14-20-21-15(23-14)19-12(22)6-9-10(16)4-3-5-11(9)17/h3-5H,6H2,1-2H3,(H,19,21,22). The summed E-state index contributed by atoms with van der Waals surface area (Å²) in [5.74, 6) is -0.772. The van der Waals surface area contributed by atoms with Gasteiger partial charge in [0.2, 0.25) is 5.91 Å². The van der Waals surface area contributed by atoms with Crippen LogP contribution in [-0.2, 0) is 11.2 Å². The van der Waals surface area contributed by atoms with Crippen LogP contribution in [0.2, 0.25) is 5.02 Å². The fourth-order valence-corrected chi connectivity index (χ4v) is 3.19. The van der Waals surface area contributed by atoms with E-state index < -0.39 is 11.7 Å². The molecular weight excluding hydrogens is 355 g/mol. The second-order valence-electron chi connectivity index (χ2n) is 4.98. The van der Waals surface area contributed by atoms with Crippen LogP contribution in [0.5, 0.6) is 0 Å². The number of nitrogens with one attached hydrogen (secondary N) is 1. The Balaban J connectivity index is 1.73. The topological polar surface area (TPSA) is 80.9 Å². The third kappa shape index (κ3) is 3.44. The number of thiazole rings is 1. The number of aryl methyl sites for hydroxylation is 2. The number of aromatic nitrogens is 3. The van der Waals surface area contributed by atoms with Crippen LogP contribution in [0.1, 0.15) is 16.3 Å². The van der Waals surface area contributed by atoms with Gasteiger partial charge in [-0.3, -0.25) is 10.1 Å². The summed E-state index contributed by atoms with van der Waals surface area (Å²) in [4.78, 5) is 17.1. The molecule has 1 amide bonds. The van der Waals surface area contributed by atoms with Gasteiger partial charge in [0.1, 0.15) is 10.7 Å². The average Bonchev–Trinajstić information content (AvgIpc) is 3.09. The molecule has 124 valence electrons. The van der Waals surface area contributed by atoms with E-state index in [9.17, 15) is 9.18 Å². The molecule has 0 spiro atoms. The molecule has 1 N–H and O–H groups in total. The second kappa shape index (κ2) is 6.66. The predicted molar refractivity (Wildman–Crippen MR) is 88.6 cm³/mol. The molecule has 0 bridgehead atoms. The summed E-state index contributed by atoms with van der Waals surface area (Å²) in [6.07, 6.45) is -0.234. The maximum Gasteiger partial charge on any atom is 0.322 e. The first-order chi connectivity index (χ1) is 11.4. The first-order valence-electron chi connectivity index (χ1n) is 6.94. The highest BCUT2D eigenvalue weighted by molar-refractivity contribution is 7.15. The van der Waals surface area contributed by atoms with Gasteiger partial charge in [-0.15, -0.1) is 16.4 Å². The van der Waals surface area contributed by atoms with Crippen LogP contribution in [0.3, 0.4) is 0 Å². The SMILES string of the molecule is Cc1nc(C)c(-c2nnc(NC(=O)Cc3c(F)cccc3Cl)o2)s1. The number of rotatable bonds is 4. The lowest BCUT2D eigenvalue weighted by Crippen LogP contribution is -2.15. The maximum absolute atomic E-state index is 13.7. The Morgan fingerprint density at radius 1 is 1.38 bits per heavy atom. The van der Waals surface area contributed by atoms with E-state index in [1.165, 1.54) is 29.5 Å². The molecule has 3 aromatic rings. The molecule has 0 aliphatic rings. The number of amides is 1. The van der Waals surface area contributed by atoms with Crippen LogP contribution >= 0.6 is 22.9 Å². The Morgan fingerprint density at radius 2 is 2.17 bits per heavy atom. The van der Waals surface area contributed by atoms with Crippen LogP contribution in [0.15, 0.2) is 22.6 Å². The van der Waals surface area contributed by atoms with Gasteiger partial charge in [-0.05, 0) is 26.0 Å². The molecule has 2 aromatic heterocycles. The van der Waals surface area contributed by atoms with Gasteiger partial charge in [0.15, 0.2) is 0 Å². The summed E-state index contributed by atoms with van der Waals surface area (Å²) < 4.78 is 19.1. The van der Waals surface area contributed by atoms with E-state index in [1.807, 2.05) is 13.8 Å². The Morgan fingerprint density at radius 3 is 2.83 bits per heavy atom. The molecule has 6 nitrogen and oxygen atoms in total. The van der Waals surface area contributed by atoms with Crippen LogP contribution in [-0.4, -0.2) is 21.1 Å². The van der Waals surface area contributed by atoms with Gasteiger partial charge < -0.3 is 4.42 Å². The zero-order chi connectivity index (χ0) is 17.3. The molecular formula is C15H12ClFN4O2S. The van der Waals surface area contributed by atoms with Gasteiger partial charge in [-0.25, -0.2) is 9.37 Å². The molecule has 0 radical (unpaired) electrons. The Hall–Kier alpha value is -2.32. The van der Waals surface area contributed by atoms with Crippen molar-refractivity contribution in [1.82, 2.24) is 15.2 Å². The van der Waals surface area contributed by atoms with Gasteiger partial charge in [-0.1, -0.05) is 22.8 Å². The quantitative estimate of drug-likeness (QED) is 0.759. The van der Waals surface area contributed by atoms with Gasteiger partial charge in [0.25, 0.3) is 5.89 Å². The highest BCUT2D eigenvalue weighted by Crippen LogP contribution is 2.29. The number of halogens is 2. The van der Waals surface area contributed by atoms with E-state index in [0.717, 1.165) is 15.6 Å². The molecule has 0 aliphatic heterocycles. The van der Waals surface area contributed by atoms with E-state index in [0.29, 0.717) is 0 Å². The molecule has 2 heterocycles. The number of anilines is 1. The van der Waals surface area contributed by atoms with E-state index >= 15 is 0 Å². The average molecular weight is 367 g/mol. The molecule has 0 saturated carbocycles. The maximum atomic E-state index is 13.7. The van der Waals surface area contributed by atoms with Crippen molar-refractivity contribution in [1.29, 1.82) is 0 Å². The zero-order valence-electron chi connectivity index (χ0n) is 12.8. The second-order valence-corrected chi connectivity index (χ2v) is 6.60. The van der Waals surface area contributed by atoms with Crippen LogP contribution in [0, 0.1) is 19.7 Å². The minimum absolute atomic E-state index is 0.0621. The molecule has 0 saturated heterocycles. The number of hydrogen-bond donors (Lipinski definition) is 1. The number of carbonyl (C=O) groups excluding carboxylic acids is 1. The van der Waals surface area contributed by atoms with Crippen molar-refractivity contribution in [3.63, 3.8) is 0 Å². The summed E-state index contributed by atoms with van der Waals surface area (Å²) in [6, 6.07) is 4.18. The number of nitrogens with zero attached hydrogens (tertiary/aromatic N) is 3. The number of hydrogen-bond acceptors (Lipinski definition) is 6. The lowest BCUT2D eigenvalue weighted by molar-refractivity contribution is -0.115. The zero-order valence-corrected chi connectivity index (χ0v) is 14.3. The Bertz CT molecular complexity index is 889. The number of carbonyl (C=O) groups is 1. The van der Waals surface area contributed by atoms with Crippen molar-refractivity contribution in [3.05, 3.63) is 45.3 Å². The monoisotopic (exact) mass is 366 g/mol. The smallest absolute Gasteiger partial charge is 0.322 e. The Labute approximate surface area is 145 Å². The van der Waals surface area contributed by atoms with E-state index in [-0.39, 0.29) is 28.9 Å².